The fourth-order valence-electron chi connectivity index (χ4n) is 6.28. The second kappa shape index (κ2) is 13.1. The number of anilines is 1. The summed E-state index contributed by atoms with van der Waals surface area (Å²) in [4.78, 5) is 12.2. The van der Waals surface area contributed by atoms with Crippen LogP contribution in [0, 0.1) is 5.41 Å². The molecule has 2 aliphatic rings. The summed E-state index contributed by atoms with van der Waals surface area (Å²) in [6, 6.07) is 5.33. The minimum absolute atomic E-state index is 0.0376. The van der Waals surface area contributed by atoms with Gasteiger partial charge in [-0.3, -0.25) is 8.86 Å². The first-order valence-electron chi connectivity index (χ1n) is 16.1. The molecule has 6 rings (SSSR count). The van der Waals surface area contributed by atoms with Crippen molar-refractivity contribution < 1.29 is 26.1 Å². The number of alkyl halides is 2. The predicted octanol–water partition coefficient (Wildman–Crippen LogP) is 4.83. The van der Waals surface area contributed by atoms with Crippen LogP contribution in [0.2, 0.25) is 0 Å². The highest BCUT2D eigenvalue weighted by molar-refractivity contribution is 7.84. The first kappa shape index (κ1) is 34.9. The minimum Gasteiger partial charge on any atom is -0.376 e. The van der Waals surface area contributed by atoms with Crippen LogP contribution in [0.1, 0.15) is 67.0 Å². The molecule has 0 aliphatic carbocycles. The van der Waals surface area contributed by atoms with Crippen LogP contribution in [0.25, 0.3) is 27.8 Å². The molecule has 0 bridgehead atoms. The van der Waals surface area contributed by atoms with Crippen LogP contribution in [0.5, 0.6) is 0 Å². The SMILES string of the molecule is C[C@@H]1OCC2(CCN(c3nc4cnn(-c5ccc6cnn(CC(F)F)c6c5)c4nc3COS(=O)C(C)(C)C)CC2)[C@@H]1NS(=O)C(C)(C)C. The van der Waals surface area contributed by atoms with E-state index in [1.54, 1.807) is 23.1 Å². The minimum atomic E-state index is -2.54. The van der Waals surface area contributed by atoms with Crippen molar-refractivity contribution >= 4 is 50.0 Å². The quantitative estimate of drug-likeness (QED) is 0.260. The zero-order valence-electron chi connectivity index (χ0n) is 28.4. The van der Waals surface area contributed by atoms with Crippen LogP contribution in [-0.4, -0.2) is 85.7 Å². The van der Waals surface area contributed by atoms with Gasteiger partial charge < -0.3 is 9.64 Å². The van der Waals surface area contributed by atoms with Crippen LogP contribution in [0.15, 0.2) is 30.6 Å². The van der Waals surface area contributed by atoms with Crippen LogP contribution in [0.4, 0.5) is 14.6 Å². The Balaban J connectivity index is 1.32. The summed E-state index contributed by atoms with van der Waals surface area (Å²) in [6.07, 6.45) is 2.14. The Morgan fingerprint density at radius 2 is 1.79 bits per heavy atom. The lowest BCUT2D eigenvalue weighted by Gasteiger charge is -2.43. The summed E-state index contributed by atoms with van der Waals surface area (Å²) < 4.78 is 69.7. The van der Waals surface area contributed by atoms with E-state index < -0.39 is 44.5 Å². The van der Waals surface area contributed by atoms with E-state index in [-0.39, 0.29) is 24.2 Å². The van der Waals surface area contributed by atoms with Gasteiger partial charge in [-0.05, 0) is 79.5 Å². The molecule has 5 heterocycles. The molecule has 0 saturated carbocycles. The number of ether oxygens (including phenoxy) is 1. The van der Waals surface area contributed by atoms with Crippen LogP contribution >= 0.6 is 0 Å². The van der Waals surface area contributed by atoms with Gasteiger partial charge in [0.1, 0.15) is 24.4 Å². The van der Waals surface area contributed by atoms with E-state index in [2.05, 4.69) is 19.8 Å². The van der Waals surface area contributed by atoms with Crippen molar-refractivity contribution in [3.63, 3.8) is 0 Å². The molecule has 3 aromatic heterocycles. The highest BCUT2D eigenvalue weighted by Gasteiger charge is 2.51. The topological polar surface area (TPSA) is 129 Å². The molecule has 4 atom stereocenters. The standard InChI is InChI=1S/C32H44F2N8O4S2/c1-20-27(39-47(43)30(2,3)4)32(19-45-20)10-12-40(13-11-32)28-24(18-46-48(44)31(5,6)7)38-29-23(37-28)16-36-42(29)22-9-8-21-15-35-41(17-26(33)34)25(21)14-22/h8-9,14-16,20,26-27,39H,10-13,17-19H2,1-7H3/t20-,27+,47?,48?/m0/s1. The number of piperidine rings is 1. The van der Waals surface area contributed by atoms with Crippen LogP contribution < -0.4 is 9.62 Å². The Bertz CT molecular complexity index is 1840. The zero-order valence-corrected chi connectivity index (χ0v) is 30.0. The van der Waals surface area contributed by atoms with Gasteiger partial charge in [0, 0.05) is 23.9 Å². The first-order chi connectivity index (χ1) is 22.6. The summed E-state index contributed by atoms with van der Waals surface area (Å²) in [6.45, 7) is 14.8. The Kier molecular flexibility index (Phi) is 9.52. The van der Waals surface area contributed by atoms with Gasteiger partial charge in [-0.15, -0.1) is 0 Å². The molecule has 2 saturated heterocycles. The summed E-state index contributed by atoms with van der Waals surface area (Å²) in [7, 11) is -1.24. The number of aromatic nitrogens is 6. The van der Waals surface area contributed by atoms with Gasteiger partial charge in [0.15, 0.2) is 22.5 Å². The monoisotopic (exact) mass is 706 g/mol. The average molecular weight is 707 g/mol. The van der Waals surface area contributed by atoms with Crippen molar-refractivity contribution in [1.82, 2.24) is 34.3 Å². The highest BCUT2D eigenvalue weighted by Crippen LogP contribution is 2.44. The molecule has 48 heavy (non-hydrogen) atoms. The summed E-state index contributed by atoms with van der Waals surface area (Å²) in [5.74, 6) is 0.628. The van der Waals surface area contributed by atoms with Crippen molar-refractivity contribution in [2.24, 2.45) is 5.41 Å². The van der Waals surface area contributed by atoms with Crippen molar-refractivity contribution in [2.45, 2.75) is 103 Å². The third-order valence-corrected chi connectivity index (χ3v) is 12.0. The number of hydrogen-bond donors (Lipinski definition) is 1. The number of rotatable bonds is 9. The molecule has 4 aromatic rings. The van der Waals surface area contributed by atoms with E-state index in [0.717, 1.165) is 18.2 Å². The Morgan fingerprint density at radius 3 is 2.46 bits per heavy atom. The molecule has 2 fully saturated rings. The largest absolute Gasteiger partial charge is 0.376 e. The van der Waals surface area contributed by atoms with Gasteiger partial charge in [-0.25, -0.2) is 36.6 Å². The molecule has 2 aliphatic heterocycles. The Morgan fingerprint density at radius 1 is 1.06 bits per heavy atom. The molecule has 1 spiro atoms. The van der Waals surface area contributed by atoms with Gasteiger partial charge in [0.05, 0.1) is 62.8 Å². The van der Waals surface area contributed by atoms with Crippen molar-refractivity contribution in [1.29, 1.82) is 0 Å². The third kappa shape index (κ3) is 6.91. The number of halogens is 2. The average Bonchev–Trinajstić information content (AvgIpc) is 3.70. The van der Waals surface area contributed by atoms with Crippen molar-refractivity contribution in [3.05, 3.63) is 36.3 Å². The predicted molar refractivity (Wildman–Crippen MR) is 183 cm³/mol. The highest BCUT2D eigenvalue weighted by atomic mass is 32.2. The van der Waals surface area contributed by atoms with Crippen LogP contribution in [0.3, 0.4) is 0 Å². The molecule has 1 N–H and O–H groups in total. The van der Waals surface area contributed by atoms with Crippen molar-refractivity contribution in [3.8, 4) is 5.69 Å². The van der Waals surface area contributed by atoms with E-state index in [4.69, 9.17) is 18.9 Å². The lowest BCUT2D eigenvalue weighted by molar-refractivity contribution is 0.0973. The molecule has 12 nitrogen and oxygen atoms in total. The number of nitrogens with one attached hydrogen (secondary N) is 1. The lowest BCUT2D eigenvalue weighted by atomic mass is 9.73. The normalized spacial score (nSPS) is 21.6. The van der Waals surface area contributed by atoms with Gasteiger partial charge >= 0.3 is 0 Å². The molecule has 0 amide bonds. The molecular weight excluding hydrogens is 663 g/mol. The maximum absolute atomic E-state index is 13.2. The second-order valence-corrected chi connectivity index (χ2v) is 18.6. The van der Waals surface area contributed by atoms with Gasteiger partial charge in [0.2, 0.25) is 0 Å². The Hall–Kier alpha value is -2.92. The molecule has 2 unspecified atom stereocenters. The number of fused-ring (bicyclic) bond motifs is 2. The second-order valence-electron chi connectivity index (χ2n) is 14.7. The number of hydrogen-bond acceptors (Lipinski definition) is 9. The Labute approximate surface area is 284 Å². The van der Waals surface area contributed by atoms with E-state index in [0.29, 0.717) is 53.6 Å². The molecule has 0 radical (unpaired) electrons. The number of nitrogens with zero attached hydrogens (tertiary/aromatic N) is 7. The lowest BCUT2D eigenvalue weighted by Crippen LogP contribution is -2.55. The fourth-order valence-corrected chi connectivity index (χ4v) is 7.88. The smallest absolute Gasteiger partial charge is 0.257 e. The van der Waals surface area contributed by atoms with Gasteiger partial charge in [0.25, 0.3) is 6.43 Å². The van der Waals surface area contributed by atoms with Crippen LogP contribution in [-0.2, 0) is 44.1 Å². The van der Waals surface area contributed by atoms with E-state index in [1.165, 1.54) is 4.68 Å². The molecule has 16 heteroatoms. The first-order valence-corrected chi connectivity index (χ1v) is 18.4. The maximum atomic E-state index is 13.2. The summed E-state index contributed by atoms with van der Waals surface area (Å²) in [5, 5.41) is 9.42. The molecule has 262 valence electrons. The van der Waals surface area contributed by atoms with E-state index in [9.17, 15) is 17.2 Å². The molecule has 1 aromatic carbocycles. The summed E-state index contributed by atoms with van der Waals surface area (Å²) in [5.41, 5.74) is 2.50. The fraction of sp³-hybridized carbons (Fsp3) is 0.625. The molecular formula is C32H44F2N8O4S2. The van der Waals surface area contributed by atoms with Gasteiger partial charge in [-0.1, -0.05) is 0 Å². The maximum Gasteiger partial charge on any atom is 0.257 e. The van der Waals surface area contributed by atoms with Crippen molar-refractivity contribution in [2.75, 3.05) is 24.6 Å². The van der Waals surface area contributed by atoms with E-state index >= 15 is 0 Å². The van der Waals surface area contributed by atoms with E-state index in [1.807, 2.05) is 60.6 Å². The van der Waals surface area contributed by atoms with Gasteiger partial charge in [-0.2, -0.15) is 10.2 Å². The third-order valence-electron chi connectivity index (χ3n) is 9.05. The zero-order chi connectivity index (χ0) is 34.6. The summed E-state index contributed by atoms with van der Waals surface area (Å²) >= 11 is -1.60. The number of benzene rings is 1.